The Balaban J connectivity index is 1.54. The summed E-state index contributed by atoms with van der Waals surface area (Å²) in [5.74, 6) is -0.605. The van der Waals surface area contributed by atoms with Crippen molar-refractivity contribution in [1.82, 2.24) is 0 Å². The van der Waals surface area contributed by atoms with E-state index in [2.05, 4.69) is 0 Å². The highest BCUT2D eigenvalue weighted by Crippen LogP contribution is 2.18. The Bertz CT molecular complexity index is 982. The fraction of sp³-hybridized carbons (Fsp3) is 0.217. The lowest BCUT2D eigenvalue weighted by Crippen LogP contribution is -2.39. The first-order valence-electron chi connectivity index (χ1n) is 9.45. The van der Waals surface area contributed by atoms with Crippen LogP contribution in [0.4, 0.5) is 10.1 Å². The van der Waals surface area contributed by atoms with Gasteiger partial charge in [0.25, 0.3) is 5.91 Å². The Morgan fingerprint density at radius 1 is 1.00 bits per heavy atom. The lowest BCUT2D eigenvalue weighted by molar-refractivity contribution is -0.122. The summed E-state index contributed by atoms with van der Waals surface area (Å²) in [4.78, 5) is 26.4. The van der Waals surface area contributed by atoms with Crippen molar-refractivity contribution >= 4 is 17.6 Å². The van der Waals surface area contributed by atoms with Gasteiger partial charge in [0.1, 0.15) is 23.9 Å². The van der Waals surface area contributed by atoms with Crippen LogP contribution in [0.15, 0.2) is 71.1 Å². The van der Waals surface area contributed by atoms with Crippen molar-refractivity contribution in [3.8, 4) is 5.75 Å². The van der Waals surface area contributed by atoms with E-state index in [1.807, 2.05) is 44.2 Å². The van der Waals surface area contributed by atoms with E-state index in [9.17, 15) is 14.0 Å². The number of hydrogen-bond acceptors (Lipinski definition) is 5. The molecule has 0 aliphatic carbocycles. The number of amides is 1. The Morgan fingerprint density at radius 3 is 2.37 bits per heavy atom. The molecule has 0 aliphatic rings. The topological polar surface area (TPSA) is 69.0 Å². The zero-order valence-corrected chi connectivity index (χ0v) is 16.7. The molecule has 0 fully saturated rings. The zero-order chi connectivity index (χ0) is 21.5. The largest absolute Gasteiger partial charge is 0.486 e. The van der Waals surface area contributed by atoms with E-state index >= 15 is 0 Å². The number of ether oxygens (including phenoxy) is 2. The van der Waals surface area contributed by atoms with Crippen LogP contribution in [-0.4, -0.2) is 24.5 Å². The van der Waals surface area contributed by atoms with E-state index in [0.29, 0.717) is 11.5 Å². The van der Waals surface area contributed by atoms with Crippen LogP contribution < -0.4 is 9.64 Å². The molecule has 0 aliphatic heterocycles. The second-order valence-electron chi connectivity index (χ2n) is 6.78. The first-order valence-corrected chi connectivity index (χ1v) is 9.45. The number of benzene rings is 2. The van der Waals surface area contributed by atoms with E-state index in [4.69, 9.17) is 13.9 Å². The van der Waals surface area contributed by atoms with E-state index in [1.54, 1.807) is 11.0 Å². The van der Waals surface area contributed by atoms with Gasteiger partial charge in [-0.05, 0) is 62.4 Å². The van der Waals surface area contributed by atoms with Crippen molar-refractivity contribution in [1.29, 1.82) is 0 Å². The fourth-order valence-electron chi connectivity index (χ4n) is 2.84. The minimum Gasteiger partial charge on any atom is -0.486 e. The predicted octanol–water partition coefficient (Wildman–Crippen LogP) is 4.60. The summed E-state index contributed by atoms with van der Waals surface area (Å²) >= 11 is 0. The van der Waals surface area contributed by atoms with Crippen molar-refractivity contribution < 1.29 is 27.9 Å². The number of nitrogens with zero attached hydrogens (tertiary/aromatic N) is 1. The number of anilines is 1. The van der Waals surface area contributed by atoms with Gasteiger partial charge in [0, 0.05) is 11.7 Å². The van der Waals surface area contributed by atoms with E-state index in [-0.39, 0.29) is 30.1 Å². The third-order valence-electron chi connectivity index (χ3n) is 4.20. The predicted molar refractivity (Wildman–Crippen MR) is 109 cm³/mol. The molecule has 3 rings (SSSR count). The summed E-state index contributed by atoms with van der Waals surface area (Å²) in [6.45, 7) is 3.42. The Hall–Kier alpha value is -3.61. The van der Waals surface area contributed by atoms with Gasteiger partial charge in [-0.3, -0.25) is 4.79 Å². The summed E-state index contributed by atoms with van der Waals surface area (Å²) in [7, 11) is 0. The highest BCUT2D eigenvalue weighted by Gasteiger charge is 2.22. The second-order valence-corrected chi connectivity index (χ2v) is 6.78. The molecule has 0 saturated carbocycles. The maximum Gasteiger partial charge on any atom is 0.374 e. The van der Waals surface area contributed by atoms with Crippen LogP contribution in [0.5, 0.6) is 5.75 Å². The van der Waals surface area contributed by atoms with Gasteiger partial charge >= 0.3 is 5.97 Å². The van der Waals surface area contributed by atoms with Gasteiger partial charge in [0.15, 0.2) is 6.61 Å². The second kappa shape index (κ2) is 9.73. The van der Waals surface area contributed by atoms with Gasteiger partial charge in [-0.15, -0.1) is 0 Å². The molecule has 0 radical (unpaired) electrons. The number of hydrogen-bond donors (Lipinski definition) is 0. The number of furan rings is 1. The molecule has 0 unspecified atom stereocenters. The van der Waals surface area contributed by atoms with Crippen LogP contribution in [0.3, 0.4) is 0 Å². The molecule has 0 bridgehead atoms. The van der Waals surface area contributed by atoms with E-state index < -0.39 is 12.6 Å². The van der Waals surface area contributed by atoms with Crippen molar-refractivity contribution in [2.45, 2.75) is 26.5 Å². The van der Waals surface area contributed by atoms with Crippen LogP contribution in [-0.2, 0) is 16.1 Å². The molecule has 0 saturated heterocycles. The maximum absolute atomic E-state index is 12.9. The smallest absolute Gasteiger partial charge is 0.374 e. The third kappa shape index (κ3) is 5.47. The number of para-hydroxylation sites is 1. The normalized spacial score (nSPS) is 10.7. The molecule has 1 amide bonds. The van der Waals surface area contributed by atoms with Gasteiger partial charge < -0.3 is 18.8 Å². The van der Waals surface area contributed by atoms with Crippen molar-refractivity contribution in [3.63, 3.8) is 0 Å². The highest BCUT2D eigenvalue weighted by molar-refractivity contribution is 5.96. The lowest BCUT2D eigenvalue weighted by Gasteiger charge is -2.26. The number of carbonyl (C=O) groups excluding carboxylic acids is 2. The Labute approximate surface area is 173 Å². The van der Waals surface area contributed by atoms with Crippen LogP contribution in [0.2, 0.25) is 0 Å². The number of esters is 1. The zero-order valence-electron chi connectivity index (χ0n) is 16.7. The van der Waals surface area contributed by atoms with Crippen molar-refractivity contribution in [3.05, 3.63) is 84.1 Å². The summed E-state index contributed by atoms with van der Waals surface area (Å²) in [5.41, 5.74) is 0.728. The summed E-state index contributed by atoms with van der Waals surface area (Å²) in [5, 5.41) is 0. The van der Waals surface area contributed by atoms with Gasteiger partial charge in [0.05, 0.1) is 0 Å². The molecule has 0 N–H and O–H groups in total. The number of carbonyl (C=O) groups is 2. The van der Waals surface area contributed by atoms with E-state index in [0.717, 1.165) is 5.69 Å². The van der Waals surface area contributed by atoms with Crippen LogP contribution in [0.1, 0.15) is 30.2 Å². The molecular weight excluding hydrogens is 389 g/mol. The van der Waals surface area contributed by atoms with Gasteiger partial charge in [0.2, 0.25) is 5.76 Å². The Morgan fingerprint density at radius 2 is 1.70 bits per heavy atom. The quantitative estimate of drug-likeness (QED) is 0.507. The number of halogens is 1. The fourth-order valence-corrected chi connectivity index (χ4v) is 2.84. The summed E-state index contributed by atoms with van der Waals surface area (Å²) in [6.07, 6.45) is 0. The molecule has 156 valence electrons. The first-order chi connectivity index (χ1) is 14.4. The first kappa shape index (κ1) is 21.1. The molecule has 3 aromatic rings. The third-order valence-corrected chi connectivity index (χ3v) is 4.20. The van der Waals surface area contributed by atoms with Crippen molar-refractivity contribution in [2.24, 2.45) is 0 Å². The molecule has 7 heteroatoms. The van der Waals surface area contributed by atoms with Crippen LogP contribution >= 0.6 is 0 Å². The molecule has 0 atom stereocenters. The Kier molecular flexibility index (Phi) is 6.85. The number of rotatable bonds is 8. The van der Waals surface area contributed by atoms with Crippen LogP contribution in [0.25, 0.3) is 0 Å². The standard InChI is InChI=1S/C23H22FNO5/c1-16(2)25(18-6-4-3-5-7-18)22(26)15-29-23(27)21-13-12-20(30-21)14-28-19-10-8-17(24)9-11-19/h3-13,16H,14-15H2,1-2H3. The molecule has 6 nitrogen and oxygen atoms in total. The average molecular weight is 411 g/mol. The molecule has 0 spiro atoms. The summed E-state index contributed by atoms with van der Waals surface area (Å²) in [6, 6.07) is 17.7. The SMILES string of the molecule is CC(C)N(C(=O)COC(=O)c1ccc(COc2ccc(F)cc2)o1)c1ccccc1. The average Bonchev–Trinajstić information content (AvgIpc) is 3.21. The van der Waals surface area contributed by atoms with Gasteiger partial charge in [-0.1, -0.05) is 18.2 Å². The molecule has 1 aromatic heterocycles. The highest BCUT2D eigenvalue weighted by atomic mass is 19.1. The molecular formula is C23H22FNO5. The van der Waals surface area contributed by atoms with Gasteiger partial charge in [-0.25, -0.2) is 9.18 Å². The monoisotopic (exact) mass is 411 g/mol. The minimum absolute atomic E-state index is 0.0312. The lowest BCUT2D eigenvalue weighted by atomic mass is 10.2. The molecule has 2 aromatic carbocycles. The molecule has 1 heterocycles. The van der Waals surface area contributed by atoms with Crippen molar-refractivity contribution in [2.75, 3.05) is 11.5 Å². The van der Waals surface area contributed by atoms with Crippen LogP contribution in [0, 0.1) is 5.82 Å². The summed E-state index contributed by atoms with van der Waals surface area (Å²) < 4.78 is 28.9. The van der Waals surface area contributed by atoms with Gasteiger partial charge in [-0.2, -0.15) is 0 Å². The maximum atomic E-state index is 12.9. The van der Waals surface area contributed by atoms with E-state index in [1.165, 1.54) is 30.3 Å². The minimum atomic E-state index is -0.742. The molecule has 30 heavy (non-hydrogen) atoms.